The van der Waals surface area contributed by atoms with Gasteiger partial charge in [0, 0.05) is 19.6 Å². The highest BCUT2D eigenvalue weighted by molar-refractivity contribution is 5.83. The van der Waals surface area contributed by atoms with Crippen molar-refractivity contribution in [1.29, 1.82) is 0 Å². The molecule has 2 aliphatic rings. The van der Waals surface area contributed by atoms with Gasteiger partial charge in [0.15, 0.2) is 6.30 Å². The summed E-state index contributed by atoms with van der Waals surface area (Å²) in [6.45, 7) is 3.17. The molecule has 3 rings (SSSR count). The van der Waals surface area contributed by atoms with Gasteiger partial charge in [-0.2, -0.15) is 0 Å². The summed E-state index contributed by atoms with van der Waals surface area (Å²) in [5.41, 5.74) is 0.934. The first-order chi connectivity index (χ1) is 10.3. The number of amides is 1. The third kappa shape index (κ3) is 3.09. The van der Waals surface area contributed by atoms with Crippen molar-refractivity contribution in [3.8, 4) is 0 Å². The Morgan fingerprint density at radius 1 is 1.19 bits per heavy atom. The van der Waals surface area contributed by atoms with Crippen molar-refractivity contribution in [3.63, 3.8) is 0 Å². The lowest BCUT2D eigenvalue weighted by molar-refractivity contribution is -0.142. The van der Waals surface area contributed by atoms with Gasteiger partial charge >= 0.3 is 0 Å². The average molecular weight is 292 g/mol. The van der Waals surface area contributed by atoms with Crippen molar-refractivity contribution in [1.82, 2.24) is 9.80 Å². The molecule has 0 N–H and O–H groups in total. The fraction of sp³-hybridized carbons (Fsp3) is 0.562. The van der Waals surface area contributed by atoms with Crippen LogP contribution in [0.25, 0.3) is 0 Å². The van der Waals surface area contributed by atoms with E-state index in [4.69, 9.17) is 4.74 Å². The summed E-state index contributed by atoms with van der Waals surface area (Å²) in [4.78, 5) is 16.4. The van der Waals surface area contributed by atoms with E-state index in [9.17, 15) is 9.18 Å². The SMILES string of the molecule is O=C(C(c1ccccc1)N1CCOCC1)N1CCCC1F. The lowest BCUT2D eigenvalue weighted by Crippen LogP contribution is -2.47. The number of benzene rings is 1. The maximum absolute atomic E-state index is 13.9. The van der Waals surface area contributed by atoms with Gasteiger partial charge in [0.1, 0.15) is 6.04 Å². The topological polar surface area (TPSA) is 32.8 Å². The van der Waals surface area contributed by atoms with Crippen LogP contribution in [0.5, 0.6) is 0 Å². The third-order valence-electron chi connectivity index (χ3n) is 4.22. The Hall–Kier alpha value is -1.46. The van der Waals surface area contributed by atoms with Gasteiger partial charge in [-0.05, 0) is 18.4 Å². The summed E-state index contributed by atoms with van der Waals surface area (Å²) in [7, 11) is 0. The summed E-state index contributed by atoms with van der Waals surface area (Å²) in [6.07, 6.45) is 0.0678. The zero-order valence-electron chi connectivity index (χ0n) is 12.1. The lowest BCUT2D eigenvalue weighted by Gasteiger charge is -2.36. The third-order valence-corrected chi connectivity index (χ3v) is 4.22. The Bertz CT molecular complexity index is 476. The number of hydrogen-bond acceptors (Lipinski definition) is 3. The molecule has 2 aliphatic heterocycles. The first kappa shape index (κ1) is 14.5. The number of halogens is 1. The van der Waals surface area contributed by atoms with Crippen LogP contribution >= 0.6 is 0 Å². The van der Waals surface area contributed by atoms with E-state index in [1.54, 1.807) is 0 Å². The number of rotatable bonds is 3. The number of alkyl halides is 1. The van der Waals surface area contributed by atoms with E-state index in [1.807, 2.05) is 30.3 Å². The van der Waals surface area contributed by atoms with E-state index in [0.717, 1.165) is 12.0 Å². The Balaban J connectivity index is 1.86. The van der Waals surface area contributed by atoms with E-state index in [1.165, 1.54) is 4.90 Å². The van der Waals surface area contributed by atoms with Gasteiger partial charge in [-0.15, -0.1) is 0 Å². The van der Waals surface area contributed by atoms with Gasteiger partial charge in [0.25, 0.3) is 0 Å². The van der Waals surface area contributed by atoms with E-state index < -0.39 is 12.3 Å². The smallest absolute Gasteiger partial charge is 0.246 e. The molecule has 114 valence electrons. The molecule has 2 unspecified atom stereocenters. The van der Waals surface area contributed by atoms with Crippen LogP contribution in [0.4, 0.5) is 4.39 Å². The van der Waals surface area contributed by atoms with E-state index in [2.05, 4.69) is 4.90 Å². The van der Waals surface area contributed by atoms with Crippen molar-refractivity contribution in [2.24, 2.45) is 0 Å². The lowest BCUT2D eigenvalue weighted by atomic mass is 10.0. The molecule has 2 heterocycles. The van der Waals surface area contributed by atoms with Crippen LogP contribution in [0.2, 0.25) is 0 Å². The van der Waals surface area contributed by atoms with E-state index in [-0.39, 0.29) is 5.91 Å². The summed E-state index contributed by atoms with van der Waals surface area (Å²) >= 11 is 0. The van der Waals surface area contributed by atoms with E-state index >= 15 is 0 Å². The number of nitrogens with zero attached hydrogens (tertiary/aromatic N) is 2. The maximum Gasteiger partial charge on any atom is 0.246 e. The fourth-order valence-electron chi connectivity index (χ4n) is 3.11. The average Bonchev–Trinajstić information content (AvgIpc) is 2.96. The van der Waals surface area contributed by atoms with E-state index in [0.29, 0.717) is 39.3 Å². The second-order valence-corrected chi connectivity index (χ2v) is 5.57. The van der Waals surface area contributed by atoms with Crippen molar-refractivity contribution in [3.05, 3.63) is 35.9 Å². The molecule has 2 atom stereocenters. The largest absolute Gasteiger partial charge is 0.379 e. The Morgan fingerprint density at radius 3 is 2.52 bits per heavy atom. The molecular formula is C16H21FN2O2. The number of carbonyl (C=O) groups is 1. The van der Waals surface area contributed by atoms with Gasteiger partial charge in [0.2, 0.25) is 5.91 Å². The molecule has 2 saturated heterocycles. The molecule has 5 heteroatoms. The molecule has 2 fully saturated rings. The number of ether oxygens (including phenoxy) is 1. The van der Waals surface area contributed by atoms with Crippen molar-refractivity contribution >= 4 is 5.91 Å². The molecule has 21 heavy (non-hydrogen) atoms. The Labute approximate surface area is 124 Å². The molecule has 0 bridgehead atoms. The molecule has 1 amide bonds. The Morgan fingerprint density at radius 2 is 1.90 bits per heavy atom. The minimum absolute atomic E-state index is 0.117. The first-order valence-corrected chi connectivity index (χ1v) is 7.58. The molecule has 1 aromatic carbocycles. The quantitative estimate of drug-likeness (QED) is 0.799. The van der Waals surface area contributed by atoms with Gasteiger partial charge in [-0.1, -0.05) is 30.3 Å². The van der Waals surface area contributed by atoms with Crippen LogP contribution in [-0.4, -0.2) is 54.9 Å². The minimum Gasteiger partial charge on any atom is -0.379 e. The second kappa shape index (κ2) is 6.54. The van der Waals surface area contributed by atoms with Crippen LogP contribution in [-0.2, 0) is 9.53 Å². The normalized spacial score (nSPS) is 25.0. The number of hydrogen-bond donors (Lipinski definition) is 0. The predicted octanol–water partition coefficient (Wildman–Crippen LogP) is 1.98. The van der Waals surface area contributed by atoms with Gasteiger partial charge < -0.3 is 9.64 Å². The van der Waals surface area contributed by atoms with Gasteiger partial charge in [0.05, 0.1) is 13.2 Å². The monoisotopic (exact) mass is 292 g/mol. The summed E-state index contributed by atoms with van der Waals surface area (Å²) in [5, 5.41) is 0. The molecule has 0 saturated carbocycles. The standard InChI is InChI=1S/C16H21FN2O2/c17-14-7-4-8-19(14)16(20)15(13-5-2-1-3-6-13)18-9-11-21-12-10-18/h1-3,5-6,14-15H,4,7-12H2. The first-order valence-electron chi connectivity index (χ1n) is 7.58. The fourth-order valence-corrected chi connectivity index (χ4v) is 3.11. The zero-order chi connectivity index (χ0) is 14.7. The highest BCUT2D eigenvalue weighted by atomic mass is 19.1. The molecule has 0 spiro atoms. The molecular weight excluding hydrogens is 271 g/mol. The molecule has 4 nitrogen and oxygen atoms in total. The maximum atomic E-state index is 13.9. The van der Waals surface area contributed by atoms with Gasteiger partial charge in [-0.25, -0.2) is 4.39 Å². The zero-order valence-corrected chi connectivity index (χ0v) is 12.1. The number of morpholine rings is 1. The van der Waals surface area contributed by atoms with Crippen LogP contribution in [0.15, 0.2) is 30.3 Å². The highest BCUT2D eigenvalue weighted by Crippen LogP contribution is 2.28. The molecule has 1 aromatic rings. The highest BCUT2D eigenvalue weighted by Gasteiger charge is 2.37. The van der Waals surface area contributed by atoms with Crippen molar-refractivity contribution in [2.75, 3.05) is 32.8 Å². The van der Waals surface area contributed by atoms with Crippen LogP contribution in [0, 0.1) is 0 Å². The Kier molecular flexibility index (Phi) is 4.51. The summed E-state index contributed by atoms with van der Waals surface area (Å²) < 4.78 is 19.3. The van der Waals surface area contributed by atoms with Gasteiger partial charge in [-0.3, -0.25) is 9.69 Å². The molecule has 0 radical (unpaired) electrons. The van der Waals surface area contributed by atoms with Crippen LogP contribution in [0.3, 0.4) is 0 Å². The van der Waals surface area contributed by atoms with Crippen LogP contribution < -0.4 is 0 Å². The van der Waals surface area contributed by atoms with Crippen molar-refractivity contribution < 1.29 is 13.9 Å². The molecule has 0 aromatic heterocycles. The van der Waals surface area contributed by atoms with Crippen LogP contribution in [0.1, 0.15) is 24.4 Å². The number of likely N-dealkylation sites (tertiary alicyclic amines) is 1. The predicted molar refractivity (Wildman–Crippen MR) is 77.4 cm³/mol. The summed E-state index contributed by atoms with van der Waals surface area (Å²) in [6, 6.07) is 9.27. The van der Waals surface area contributed by atoms with Crippen molar-refractivity contribution in [2.45, 2.75) is 25.2 Å². The minimum atomic E-state index is -1.13. The number of carbonyl (C=O) groups excluding carboxylic acids is 1. The summed E-state index contributed by atoms with van der Waals surface area (Å²) in [5.74, 6) is -0.117. The molecule has 0 aliphatic carbocycles. The second-order valence-electron chi connectivity index (χ2n) is 5.57.